The molecule has 1 nitrogen and oxygen atoms in total. The van der Waals surface area contributed by atoms with Crippen molar-refractivity contribution >= 4 is 5.78 Å². The first-order valence-corrected chi connectivity index (χ1v) is 3.65. The Hall–Kier alpha value is -1.11. The number of Topliss-reactive ketones (excluding diaryl/α,β-unsaturated/α-hetero) is 1. The van der Waals surface area contributed by atoms with Crippen molar-refractivity contribution in [2.45, 2.75) is 20.8 Å². The Morgan fingerprint density at radius 3 is 2.18 bits per heavy atom. The van der Waals surface area contributed by atoms with E-state index in [1.54, 1.807) is 6.92 Å². The van der Waals surface area contributed by atoms with Gasteiger partial charge in [0.15, 0.2) is 5.78 Å². The number of carbonyl (C=O) groups excluding carboxylic acids is 1. The van der Waals surface area contributed by atoms with Gasteiger partial charge in [-0.1, -0.05) is 30.4 Å². The molecule has 0 amide bonds. The summed E-state index contributed by atoms with van der Waals surface area (Å²) in [7, 11) is 0. The molecule has 0 N–H and O–H groups in total. The van der Waals surface area contributed by atoms with Gasteiger partial charge in [-0.3, -0.25) is 4.79 Å². The number of allylic oxidation sites excluding steroid dienone is 6. The summed E-state index contributed by atoms with van der Waals surface area (Å²) >= 11 is 0. The molecule has 0 atom stereocenters. The minimum atomic E-state index is 0.120. The molecule has 0 aromatic heterocycles. The van der Waals surface area contributed by atoms with E-state index in [1.807, 2.05) is 44.2 Å². The molecule has 0 bridgehead atoms. The smallest absolute Gasteiger partial charge is 0.155 e. The van der Waals surface area contributed by atoms with E-state index in [9.17, 15) is 4.79 Å². The van der Waals surface area contributed by atoms with Crippen LogP contribution >= 0.6 is 0 Å². The van der Waals surface area contributed by atoms with Gasteiger partial charge in [-0.05, 0) is 26.3 Å². The lowest BCUT2D eigenvalue weighted by atomic mass is 10.2. The first-order chi connectivity index (χ1) is 5.18. The van der Waals surface area contributed by atoms with Crippen molar-refractivity contribution in [1.29, 1.82) is 0 Å². The van der Waals surface area contributed by atoms with E-state index in [2.05, 4.69) is 0 Å². The van der Waals surface area contributed by atoms with Crippen molar-refractivity contribution in [3.05, 3.63) is 36.0 Å². The Kier molecular flexibility index (Phi) is 5.09. The third-order valence-corrected chi connectivity index (χ3v) is 1.32. The lowest BCUT2D eigenvalue weighted by molar-refractivity contribution is -0.113. The Balaban J connectivity index is 4.01. The molecule has 0 radical (unpaired) electrons. The van der Waals surface area contributed by atoms with Gasteiger partial charge in [0.2, 0.25) is 0 Å². The summed E-state index contributed by atoms with van der Waals surface area (Å²) in [5.74, 6) is 0.120. The highest BCUT2D eigenvalue weighted by molar-refractivity contribution is 5.92. The van der Waals surface area contributed by atoms with Gasteiger partial charge in [-0.15, -0.1) is 0 Å². The monoisotopic (exact) mass is 150 g/mol. The highest BCUT2D eigenvalue weighted by Crippen LogP contribution is 1.93. The summed E-state index contributed by atoms with van der Waals surface area (Å²) in [6.07, 6.45) is 9.42. The SMILES string of the molecule is CC=C/C=C\C=C(/C)C(C)=O. The summed E-state index contributed by atoms with van der Waals surface area (Å²) in [5, 5.41) is 0. The van der Waals surface area contributed by atoms with Crippen LogP contribution in [0.1, 0.15) is 20.8 Å². The van der Waals surface area contributed by atoms with Crippen LogP contribution in [0.4, 0.5) is 0 Å². The Labute approximate surface area is 68.1 Å². The van der Waals surface area contributed by atoms with Crippen molar-refractivity contribution in [3.63, 3.8) is 0 Å². The first kappa shape index (κ1) is 9.89. The van der Waals surface area contributed by atoms with Crippen molar-refractivity contribution in [3.8, 4) is 0 Å². The molecular weight excluding hydrogens is 136 g/mol. The topological polar surface area (TPSA) is 17.1 Å². The fourth-order valence-electron chi connectivity index (χ4n) is 0.493. The largest absolute Gasteiger partial charge is 0.295 e. The van der Waals surface area contributed by atoms with Gasteiger partial charge in [0.1, 0.15) is 0 Å². The molecule has 0 spiro atoms. The van der Waals surface area contributed by atoms with Crippen LogP contribution in [0.25, 0.3) is 0 Å². The first-order valence-electron chi connectivity index (χ1n) is 3.65. The Morgan fingerprint density at radius 2 is 1.73 bits per heavy atom. The van der Waals surface area contributed by atoms with Gasteiger partial charge in [0.25, 0.3) is 0 Å². The maximum absolute atomic E-state index is 10.7. The molecule has 0 saturated heterocycles. The molecular formula is C10H14O. The second-order valence-corrected chi connectivity index (χ2v) is 2.32. The average Bonchev–Trinajstić information content (AvgIpc) is 1.97. The van der Waals surface area contributed by atoms with Gasteiger partial charge in [0, 0.05) is 0 Å². The summed E-state index contributed by atoms with van der Waals surface area (Å²) in [5.41, 5.74) is 0.783. The second-order valence-electron chi connectivity index (χ2n) is 2.32. The predicted molar refractivity (Wildman–Crippen MR) is 48.4 cm³/mol. The third-order valence-electron chi connectivity index (χ3n) is 1.32. The fourth-order valence-corrected chi connectivity index (χ4v) is 0.493. The molecule has 0 unspecified atom stereocenters. The summed E-state index contributed by atoms with van der Waals surface area (Å²) in [4.78, 5) is 10.7. The van der Waals surface area contributed by atoms with Crippen LogP contribution in [-0.2, 0) is 4.79 Å². The maximum Gasteiger partial charge on any atom is 0.155 e. The average molecular weight is 150 g/mol. The van der Waals surface area contributed by atoms with Gasteiger partial charge < -0.3 is 0 Å². The van der Waals surface area contributed by atoms with Gasteiger partial charge in [-0.25, -0.2) is 0 Å². The zero-order chi connectivity index (χ0) is 8.69. The molecule has 0 aliphatic carbocycles. The van der Waals surface area contributed by atoms with E-state index >= 15 is 0 Å². The summed E-state index contributed by atoms with van der Waals surface area (Å²) in [6, 6.07) is 0. The van der Waals surface area contributed by atoms with Gasteiger partial charge in [0.05, 0.1) is 0 Å². The predicted octanol–water partition coefficient (Wildman–Crippen LogP) is 2.65. The summed E-state index contributed by atoms with van der Waals surface area (Å²) in [6.45, 7) is 5.32. The van der Waals surface area contributed by atoms with E-state index in [0.29, 0.717) is 0 Å². The standard InChI is InChI=1S/C10H14O/c1-4-5-6-7-8-9(2)10(3)11/h4-8H,1-3H3/b5-4?,7-6-,9-8+. The number of hydrogen-bond acceptors (Lipinski definition) is 1. The van der Waals surface area contributed by atoms with Crippen molar-refractivity contribution in [2.24, 2.45) is 0 Å². The van der Waals surface area contributed by atoms with Crippen LogP contribution in [0.15, 0.2) is 36.0 Å². The van der Waals surface area contributed by atoms with Crippen LogP contribution in [0.3, 0.4) is 0 Å². The molecule has 0 heterocycles. The number of hydrogen-bond donors (Lipinski definition) is 0. The lowest BCUT2D eigenvalue weighted by Crippen LogP contribution is -1.89. The highest BCUT2D eigenvalue weighted by Gasteiger charge is 1.90. The van der Waals surface area contributed by atoms with E-state index < -0.39 is 0 Å². The number of rotatable bonds is 3. The molecule has 0 aromatic carbocycles. The van der Waals surface area contributed by atoms with Crippen LogP contribution in [0, 0.1) is 0 Å². The molecule has 0 aliphatic rings. The molecule has 60 valence electrons. The Bertz CT molecular complexity index is 207. The Morgan fingerprint density at radius 1 is 1.09 bits per heavy atom. The van der Waals surface area contributed by atoms with Crippen molar-refractivity contribution in [2.75, 3.05) is 0 Å². The molecule has 0 rings (SSSR count). The molecule has 0 fully saturated rings. The molecule has 0 saturated carbocycles. The van der Waals surface area contributed by atoms with E-state index in [4.69, 9.17) is 0 Å². The number of ketones is 1. The van der Waals surface area contributed by atoms with Crippen LogP contribution in [0.2, 0.25) is 0 Å². The molecule has 0 aliphatic heterocycles. The fraction of sp³-hybridized carbons (Fsp3) is 0.300. The molecule has 0 aromatic rings. The minimum absolute atomic E-state index is 0.120. The molecule has 1 heteroatoms. The normalized spacial score (nSPS) is 13.2. The lowest BCUT2D eigenvalue weighted by Gasteiger charge is -1.87. The van der Waals surface area contributed by atoms with Gasteiger partial charge >= 0.3 is 0 Å². The van der Waals surface area contributed by atoms with Crippen LogP contribution < -0.4 is 0 Å². The van der Waals surface area contributed by atoms with Crippen LogP contribution in [-0.4, -0.2) is 5.78 Å². The maximum atomic E-state index is 10.7. The zero-order valence-corrected chi connectivity index (χ0v) is 7.29. The quantitative estimate of drug-likeness (QED) is 0.446. The van der Waals surface area contributed by atoms with E-state index in [1.165, 1.54) is 0 Å². The van der Waals surface area contributed by atoms with Crippen molar-refractivity contribution in [1.82, 2.24) is 0 Å². The highest BCUT2D eigenvalue weighted by atomic mass is 16.1. The second kappa shape index (κ2) is 5.66. The van der Waals surface area contributed by atoms with E-state index in [-0.39, 0.29) is 5.78 Å². The summed E-state index contributed by atoms with van der Waals surface area (Å²) < 4.78 is 0. The minimum Gasteiger partial charge on any atom is -0.295 e. The number of carbonyl (C=O) groups is 1. The molecule has 11 heavy (non-hydrogen) atoms. The van der Waals surface area contributed by atoms with Crippen molar-refractivity contribution < 1.29 is 4.79 Å². The zero-order valence-electron chi connectivity index (χ0n) is 7.29. The van der Waals surface area contributed by atoms with E-state index in [0.717, 1.165) is 5.57 Å². The van der Waals surface area contributed by atoms with Crippen LogP contribution in [0.5, 0.6) is 0 Å². The van der Waals surface area contributed by atoms with Gasteiger partial charge in [-0.2, -0.15) is 0 Å². The third kappa shape index (κ3) is 5.34.